The second-order valence-electron chi connectivity index (χ2n) is 2.65. The quantitative estimate of drug-likeness (QED) is 0.555. The lowest BCUT2D eigenvalue weighted by Gasteiger charge is -1.99. The monoisotopic (exact) mass is 179 g/mol. The summed E-state index contributed by atoms with van der Waals surface area (Å²) in [5.41, 5.74) is 0. The summed E-state index contributed by atoms with van der Waals surface area (Å²) in [5, 5.41) is 0. The van der Waals surface area contributed by atoms with Crippen LogP contribution >= 0.6 is 0 Å². The summed E-state index contributed by atoms with van der Waals surface area (Å²) in [6.07, 6.45) is 1.22. The lowest BCUT2D eigenvalue weighted by atomic mass is 10.5. The maximum Gasteiger partial charge on any atom is 0.211 e. The van der Waals surface area contributed by atoms with Crippen molar-refractivity contribution in [1.82, 2.24) is 4.31 Å². The summed E-state index contributed by atoms with van der Waals surface area (Å²) in [5.74, 6) is 0. The summed E-state index contributed by atoms with van der Waals surface area (Å²) >= 11 is 0. The predicted octanol–water partition coefficient (Wildman–Crippen LogP) is -0.333. The fourth-order valence-electron chi connectivity index (χ4n) is 0.956. The van der Waals surface area contributed by atoms with Crippen LogP contribution in [0.5, 0.6) is 0 Å². The van der Waals surface area contributed by atoms with Crippen molar-refractivity contribution in [2.45, 2.75) is 13.0 Å². The van der Waals surface area contributed by atoms with Crippen molar-refractivity contribution in [3.63, 3.8) is 0 Å². The first kappa shape index (κ1) is 8.96. The number of hydrogen-bond acceptors (Lipinski definition) is 3. The van der Waals surface area contributed by atoms with Crippen molar-refractivity contribution >= 4 is 10.0 Å². The second kappa shape index (κ2) is 3.08. The van der Waals surface area contributed by atoms with Crippen LogP contribution in [-0.4, -0.2) is 44.8 Å². The van der Waals surface area contributed by atoms with Crippen LogP contribution in [0.25, 0.3) is 0 Å². The molecule has 1 heterocycles. The Morgan fingerprint density at radius 2 is 2.27 bits per heavy atom. The number of sulfonamides is 1. The average Bonchev–Trinajstić information content (AvgIpc) is 2.60. The molecule has 4 nitrogen and oxygen atoms in total. The topological polar surface area (TPSA) is 46.4 Å². The molecule has 0 aromatic heterocycles. The third-order valence-electron chi connectivity index (χ3n) is 1.60. The molecule has 1 aliphatic heterocycles. The zero-order valence-electron chi connectivity index (χ0n) is 6.78. The molecule has 2 atom stereocenters. The van der Waals surface area contributed by atoms with Crippen molar-refractivity contribution in [2.75, 3.05) is 26.0 Å². The second-order valence-corrected chi connectivity index (χ2v) is 4.58. The molecule has 1 rings (SSSR count). The molecule has 0 amide bonds. The average molecular weight is 179 g/mol. The van der Waals surface area contributed by atoms with Gasteiger partial charge in [-0.2, -0.15) is 4.31 Å². The number of nitrogens with zero attached hydrogens (tertiary/aromatic N) is 1. The van der Waals surface area contributed by atoms with Crippen LogP contribution in [-0.2, 0) is 14.8 Å². The first-order chi connectivity index (χ1) is 5.05. The first-order valence-corrected chi connectivity index (χ1v) is 5.45. The van der Waals surface area contributed by atoms with E-state index >= 15 is 0 Å². The Balaban J connectivity index is 2.27. The van der Waals surface area contributed by atoms with Gasteiger partial charge in [-0.1, -0.05) is 0 Å². The lowest BCUT2D eigenvalue weighted by molar-refractivity contribution is 0.145. The Morgan fingerprint density at radius 1 is 1.64 bits per heavy atom. The van der Waals surface area contributed by atoms with E-state index in [1.807, 2.05) is 6.92 Å². The number of hydrogen-bond donors (Lipinski definition) is 0. The molecule has 1 fully saturated rings. The number of ether oxygens (including phenoxy) is 1. The van der Waals surface area contributed by atoms with E-state index in [0.717, 1.165) is 0 Å². The van der Waals surface area contributed by atoms with Gasteiger partial charge in [0.25, 0.3) is 0 Å². The van der Waals surface area contributed by atoms with Crippen LogP contribution in [0.2, 0.25) is 0 Å². The SMILES string of the molecule is CCOCC1CN1S(C)(=O)=O. The van der Waals surface area contributed by atoms with Gasteiger partial charge in [0.2, 0.25) is 10.0 Å². The van der Waals surface area contributed by atoms with Crippen LogP contribution in [0, 0.1) is 0 Å². The zero-order chi connectivity index (χ0) is 8.48. The van der Waals surface area contributed by atoms with Gasteiger partial charge in [0, 0.05) is 13.2 Å². The molecule has 0 aromatic rings. The van der Waals surface area contributed by atoms with Gasteiger partial charge in [-0.3, -0.25) is 0 Å². The molecule has 0 saturated carbocycles. The molecule has 66 valence electrons. The standard InChI is InChI=1S/C6H13NO3S/c1-3-10-5-6-4-7(6)11(2,8)9/h6H,3-5H2,1-2H3. The fourth-order valence-corrected chi connectivity index (χ4v) is 2.00. The maximum absolute atomic E-state index is 10.8. The molecule has 2 unspecified atom stereocenters. The van der Waals surface area contributed by atoms with E-state index in [-0.39, 0.29) is 6.04 Å². The Labute approximate surface area is 67.2 Å². The van der Waals surface area contributed by atoms with Crippen LogP contribution < -0.4 is 0 Å². The van der Waals surface area contributed by atoms with E-state index in [1.165, 1.54) is 10.6 Å². The van der Waals surface area contributed by atoms with E-state index in [2.05, 4.69) is 0 Å². The van der Waals surface area contributed by atoms with Crippen molar-refractivity contribution in [2.24, 2.45) is 0 Å². The number of rotatable bonds is 4. The van der Waals surface area contributed by atoms with Crippen LogP contribution in [0.15, 0.2) is 0 Å². The molecule has 11 heavy (non-hydrogen) atoms. The Morgan fingerprint density at radius 3 is 2.64 bits per heavy atom. The van der Waals surface area contributed by atoms with Gasteiger partial charge in [-0.15, -0.1) is 0 Å². The van der Waals surface area contributed by atoms with E-state index < -0.39 is 10.0 Å². The van der Waals surface area contributed by atoms with Crippen molar-refractivity contribution in [3.8, 4) is 0 Å². The van der Waals surface area contributed by atoms with Gasteiger partial charge < -0.3 is 4.74 Å². The molecule has 5 heteroatoms. The normalized spacial score (nSPS) is 30.4. The van der Waals surface area contributed by atoms with Crippen LogP contribution in [0.3, 0.4) is 0 Å². The Bertz CT molecular complexity index is 224. The highest BCUT2D eigenvalue weighted by molar-refractivity contribution is 7.88. The zero-order valence-corrected chi connectivity index (χ0v) is 7.60. The maximum atomic E-state index is 10.8. The third kappa shape index (κ3) is 2.43. The van der Waals surface area contributed by atoms with Gasteiger partial charge in [0.15, 0.2) is 0 Å². The lowest BCUT2D eigenvalue weighted by Crippen LogP contribution is -2.14. The van der Waals surface area contributed by atoms with E-state index in [4.69, 9.17) is 4.74 Å². The minimum Gasteiger partial charge on any atom is -0.380 e. The highest BCUT2D eigenvalue weighted by Crippen LogP contribution is 2.21. The van der Waals surface area contributed by atoms with Crippen LogP contribution in [0.4, 0.5) is 0 Å². The Kier molecular flexibility index (Phi) is 2.51. The van der Waals surface area contributed by atoms with Crippen molar-refractivity contribution < 1.29 is 13.2 Å². The summed E-state index contributed by atoms with van der Waals surface area (Å²) in [7, 11) is -2.96. The van der Waals surface area contributed by atoms with Gasteiger partial charge in [-0.25, -0.2) is 8.42 Å². The molecular weight excluding hydrogens is 166 g/mol. The molecule has 1 saturated heterocycles. The fraction of sp³-hybridized carbons (Fsp3) is 1.00. The van der Waals surface area contributed by atoms with E-state index in [1.54, 1.807) is 0 Å². The molecule has 0 aliphatic carbocycles. The molecular formula is C6H13NO3S. The third-order valence-corrected chi connectivity index (χ3v) is 2.90. The highest BCUT2D eigenvalue weighted by atomic mass is 32.2. The van der Waals surface area contributed by atoms with Crippen molar-refractivity contribution in [3.05, 3.63) is 0 Å². The van der Waals surface area contributed by atoms with Gasteiger partial charge in [-0.05, 0) is 6.92 Å². The molecule has 0 spiro atoms. The van der Waals surface area contributed by atoms with E-state index in [0.29, 0.717) is 19.8 Å². The molecule has 0 bridgehead atoms. The predicted molar refractivity (Wildman–Crippen MR) is 41.8 cm³/mol. The minimum atomic E-state index is -2.96. The van der Waals surface area contributed by atoms with Crippen molar-refractivity contribution in [1.29, 1.82) is 0 Å². The van der Waals surface area contributed by atoms with Crippen LogP contribution in [0.1, 0.15) is 6.92 Å². The molecule has 0 N–H and O–H groups in total. The highest BCUT2D eigenvalue weighted by Gasteiger charge is 2.41. The minimum absolute atomic E-state index is 0.102. The van der Waals surface area contributed by atoms with E-state index in [9.17, 15) is 8.42 Å². The summed E-state index contributed by atoms with van der Waals surface area (Å²) in [6, 6.07) is 0.102. The van der Waals surface area contributed by atoms with Gasteiger partial charge in [0.05, 0.1) is 18.9 Å². The van der Waals surface area contributed by atoms with Gasteiger partial charge in [0.1, 0.15) is 0 Å². The smallest absolute Gasteiger partial charge is 0.211 e. The molecule has 0 aromatic carbocycles. The summed E-state index contributed by atoms with van der Waals surface area (Å²) in [4.78, 5) is 0. The first-order valence-electron chi connectivity index (χ1n) is 3.60. The molecule has 0 radical (unpaired) electrons. The molecule has 1 aliphatic rings. The largest absolute Gasteiger partial charge is 0.380 e. The summed E-state index contributed by atoms with van der Waals surface area (Å²) < 4.78 is 28.2. The summed E-state index contributed by atoms with van der Waals surface area (Å²) in [6.45, 7) is 3.70. The van der Waals surface area contributed by atoms with Gasteiger partial charge >= 0.3 is 0 Å². The Hall–Kier alpha value is -0.130.